The predicted octanol–water partition coefficient (Wildman–Crippen LogP) is 7.15. The maximum Gasteiger partial charge on any atom is 0.338 e. The van der Waals surface area contributed by atoms with Gasteiger partial charge in [-0.25, -0.2) is 9.18 Å². The Balaban J connectivity index is 1.64. The van der Waals surface area contributed by atoms with Crippen molar-refractivity contribution in [2.24, 2.45) is 5.92 Å². The number of carbonyl (C=O) groups excluding carboxylic acids is 3. The normalized spacial score (nSPS) is 10.5. The molecule has 0 N–H and O–H groups in total. The highest BCUT2D eigenvalue weighted by molar-refractivity contribution is 5.89. The maximum absolute atomic E-state index is 14.8. The number of halogens is 1. The lowest BCUT2D eigenvalue weighted by Gasteiger charge is -2.13. The Kier molecular flexibility index (Phi) is 10.4. The lowest BCUT2D eigenvalue weighted by molar-refractivity contribution is -0.138. The van der Waals surface area contributed by atoms with Gasteiger partial charge in [-0.15, -0.1) is 0 Å². The Hall–Kier alpha value is -4.98. The molecule has 7 nitrogen and oxygen atoms in total. The van der Waals surface area contributed by atoms with Gasteiger partial charge in [0.2, 0.25) is 0 Å². The van der Waals surface area contributed by atoms with Crippen LogP contribution in [0.4, 0.5) is 4.39 Å². The molecule has 0 aliphatic heterocycles. The van der Waals surface area contributed by atoms with E-state index in [9.17, 15) is 18.8 Å². The monoisotopic (exact) mass is 558 g/mol. The number of aryl methyl sites for hydroxylation is 1. The van der Waals surface area contributed by atoms with Crippen molar-refractivity contribution in [1.82, 2.24) is 0 Å². The van der Waals surface area contributed by atoms with Crippen molar-refractivity contribution in [2.45, 2.75) is 33.6 Å². The minimum absolute atomic E-state index is 0.0511. The number of rotatable bonds is 12. The molecule has 0 heterocycles. The molecule has 0 aromatic heterocycles. The van der Waals surface area contributed by atoms with Crippen LogP contribution >= 0.6 is 0 Å². The Morgan fingerprint density at radius 3 is 2.10 bits per heavy atom. The topological polar surface area (TPSA) is 88.1 Å². The zero-order valence-electron chi connectivity index (χ0n) is 23.2. The second-order valence-electron chi connectivity index (χ2n) is 9.44. The number of ether oxygens (including phenoxy) is 4. The summed E-state index contributed by atoms with van der Waals surface area (Å²) in [5.74, 6) is -1.76. The van der Waals surface area contributed by atoms with Crippen LogP contribution in [0.5, 0.6) is 23.0 Å². The van der Waals surface area contributed by atoms with Crippen molar-refractivity contribution in [3.63, 3.8) is 0 Å². The molecule has 3 aromatic rings. The van der Waals surface area contributed by atoms with E-state index in [1.807, 2.05) is 0 Å². The number of allylic oxidation sites excluding steroid dienone is 1. The van der Waals surface area contributed by atoms with Gasteiger partial charge in [0.15, 0.2) is 23.1 Å². The molecule has 0 aliphatic carbocycles. The predicted molar refractivity (Wildman–Crippen MR) is 153 cm³/mol. The van der Waals surface area contributed by atoms with Gasteiger partial charge in [-0.1, -0.05) is 57.8 Å². The highest BCUT2D eigenvalue weighted by Gasteiger charge is 2.16. The zero-order chi connectivity index (χ0) is 30.1. The Labute approximate surface area is 238 Å². The highest BCUT2D eigenvalue weighted by Crippen LogP contribution is 2.32. The molecule has 212 valence electrons. The van der Waals surface area contributed by atoms with Crippen molar-refractivity contribution in [2.75, 3.05) is 0 Å². The second kappa shape index (κ2) is 13.9. The summed E-state index contributed by atoms with van der Waals surface area (Å²) in [4.78, 5) is 36.2. The molecule has 0 aliphatic rings. The van der Waals surface area contributed by atoms with Crippen LogP contribution in [0.25, 0.3) is 11.1 Å². The minimum Gasteiger partial charge on any atom is -0.454 e. The van der Waals surface area contributed by atoms with E-state index in [1.165, 1.54) is 31.2 Å². The van der Waals surface area contributed by atoms with Gasteiger partial charge >= 0.3 is 17.9 Å². The zero-order valence-corrected chi connectivity index (χ0v) is 23.2. The van der Waals surface area contributed by atoms with Gasteiger partial charge in [-0.05, 0) is 72.5 Å². The van der Waals surface area contributed by atoms with Crippen molar-refractivity contribution < 1.29 is 37.7 Å². The number of esters is 3. The number of carbonyl (C=O) groups is 3. The number of hydrogen-bond donors (Lipinski definition) is 0. The molecule has 3 rings (SSSR count). The molecule has 0 spiro atoms. The average molecular weight is 559 g/mol. The third kappa shape index (κ3) is 8.76. The van der Waals surface area contributed by atoms with Gasteiger partial charge in [0.25, 0.3) is 0 Å². The SMILES string of the molecule is C=CC(=C)Oc1cc(CCC(=O)Oc2ccc(-c3ccc(OC(=O)C(C)C)cc3)cc2F)ccc1OC(=O)C(=C)C. The Morgan fingerprint density at radius 1 is 0.829 bits per heavy atom. The molecule has 0 saturated carbocycles. The third-order valence-electron chi connectivity index (χ3n) is 5.68. The van der Waals surface area contributed by atoms with E-state index in [0.717, 1.165) is 0 Å². The van der Waals surface area contributed by atoms with Gasteiger partial charge in [0.1, 0.15) is 11.5 Å². The van der Waals surface area contributed by atoms with E-state index < -0.39 is 17.8 Å². The van der Waals surface area contributed by atoms with E-state index in [0.29, 0.717) is 22.4 Å². The molecule has 0 bridgehead atoms. The van der Waals surface area contributed by atoms with Gasteiger partial charge in [-0.2, -0.15) is 0 Å². The van der Waals surface area contributed by atoms with Crippen molar-refractivity contribution in [1.29, 1.82) is 0 Å². The molecule has 0 atom stereocenters. The van der Waals surface area contributed by atoms with Gasteiger partial charge in [-0.3, -0.25) is 9.59 Å². The Morgan fingerprint density at radius 2 is 1.49 bits per heavy atom. The minimum atomic E-state index is -0.700. The first-order valence-electron chi connectivity index (χ1n) is 12.8. The molecule has 0 fully saturated rings. The summed E-state index contributed by atoms with van der Waals surface area (Å²) < 4.78 is 36.2. The van der Waals surface area contributed by atoms with Crippen LogP contribution < -0.4 is 18.9 Å². The summed E-state index contributed by atoms with van der Waals surface area (Å²) in [6, 6.07) is 15.7. The lowest BCUT2D eigenvalue weighted by Crippen LogP contribution is -2.14. The summed E-state index contributed by atoms with van der Waals surface area (Å²) in [7, 11) is 0. The highest BCUT2D eigenvalue weighted by atomic mass is 19.1. The van der Waals surface area contributed by atoms with Crippen molar-refractivity contribution >= 4 is 17.9 Å². The second-order valence-corrected chi connectivity index (χ2v) is 9.44. The molecule has 41 heavy (non-hydrogen) atoms. The largest absolute Gasteiger partial charge is 0.454 e. The molecule has 0 amide bonds. The summed E-state index contributed by atoms with van der Waals surface area (Å²) >= 11 is 0. The average Bonchev–Trinajstić information content (AvgIpc) is 2.94. The molecule has 0 unspecified atom stereocenters. The van der Waals surface area contributed by atoms with Crippen LogP contribution in [-0.4, -0.2) is 17.9 Å². The molecule has 8 heteroatoms. The number of benzene rings is 3. The summed E-state index contributed by atoms with van der Waals surface area (Å²) in [5, 5.41) is 0. The first-order chi connectivity index (χ1) is 19.5. The fraction of sp³-hybridized carbons (Fsp3) is 0.182. The van der Waals surface area contributed by atoms with Gasteiger partial charge in [0.05, 0.1) is 5.92 Å². The summed E-state index contributed by atoms with van der Waals surface area (Å²) in [5.41, 5.74) is 2.15. The van der Waals surface area contributed by atoms with E-state index in [1.54, 1.807) is 56.3 Å². The van der Waals surface area contributed by atoms with Gasteiger partial charge in [0, 0.05) is 12.0 Å². The molecule has 0 radical (unpaired) electrons. The van der Waals surface area contributed by atoms with Crippen LogP contribution in [0.1, 0.15) is 32.8 Å². The fourth-order valence-electron chi connectivity index (χ4n) is 3.37. The van der Waals surface area contributed by atoms with E-state index in [2.05, 4.69) is 19.7 Å². The quantitative estimate of drug-likeness (QED) is 0.0767. The molecular weight excluding hydrogens is 527 g/mol. The first-order valence-corrected chi connectivity index (χ1v) is 12.8. The molecular formula is C33H31FO7. The first kappa shape index (κ1) is 30.6. The van der Waals surface area contributed by atoms with Crippen LogP contribution in [0, 0.1) is 11.7 Å². The van der Waals surface area contributed by atoms with E-state index in [-0.39, 0.29) is 53.3 Å². The summed E-state index contributed by atoms with van der Waals surface area (Å²) in [6.45, 7) is 15.9. The smallest absolute Gasteiger partial charge is 0.338 e. The standard InChI is InChI=1S/C33H31FO7/c1-7-22(6)38-30-18-23(8-15-29(30)41-33(37)21(4)5)9-17-31(35)40-28-16-12-25(19-27(28)34)24-10-13-26(14-11-24)39-32(36)20(2)3/h7-8,10-16,18-20H,1,4,6,9,17H2,2-3,5H3. The maximum atomic E-state index is 14.8. The summed E-state index contributed by atoms with van der Waals surface area (Å²) in [6.07, 6.45) is 1.59. The number of hydrogen-bond acceptors (Lipinski definition) is 7. The van der Waals surface area contributed by atoms with Gasteiger partial charge < -0.3 is 18.9 Å². The van der Waals surface area contributed by atoms with Crippen LogP contribution in [-0.2, 0) is 20.8 Å². The van der Waals surface area contributed by atoms with Crippen LogP contribution in [0.3, 0.4) is 0 Å². The Bertz CT molecular complexity index is 1490. The fourth-order valence-corrected chi connectivity index (χ4v) is 3.37. The van der Waals surface area contributed by atoms with Crippen molar-refractivity contribution in [3.05, 3.63) is 109 Å². The van der Waals surface area contributed by atoms with E-state index >= 15 is 0 Å². The third-order valence-corrected chi connectivity index (χ3v) is 5.68. The van der Waals surface area contributed by atoms with Crippen molar-refractivity contribution in [3.8, 4) is 34.1 Å². The molecule has 0 saturated heterocycles. The molecule has 3 aromatic carbocycles. The van der Waals surface area contributed by atoms with Crippen LogP contribution in [0.15, 0.2) is 97.8 Å². The van der Waals surface area contributed by atoms with E-state index in [4.69, 9.17) is 18.9 Å². The van der Waals surface area contributed by atoms with Crippen LogP contribution in [0.2, 0.25) is 0 Å². The lowest BCUT2D eigenvalue weighted by atomic mass is 10.1.